The molecule has 1 aromatic heterocycles. The third kappa shape index (κ3) is 13.3. The molecule has 0 radical (unpaired) electrons. The van der Waals surface area contributed by atoms with Crippen LogP contribution in [0.2, 0.25) is 0 Å². The maximum atomic E-state index is 13.5. The number of carbonyl (C=O) groups is 2. The van der Waals surface area contributed by atoms with Crippen LogP contribution < -0.4 is 35.5 Å². The number of sulfonamides is 1. The standard InChI is InChI=1S/C42H51N7O9S/c1-42(2,3)30-25-34(38(55-5)35(26-30)49-59(6,52)53)47-41(51)46-33-14-15-36(32-13-8-7-12-31(32)33)58-37-16-17-44-40(48-37)45-27-28-10-9-11-29(24-28)39(50)43-18-19-56-22-23-57-21-20-54-4/h7-17,24-26,49H,18-23,27H2,1-6H3,(H,43,50)(H,44,45,48)(H2,46,47,51). The van der Waals surface area contributed by atoms with Gasteiger partial charge >= 0.3 is 6.03 Å². The first kappa shape index (κ1) is 44.1. The first-order chi connectivity index (χ1) is 28.2. The smallest absolute Gasteiger partial charge is 0.323 e. The van der Waals surface area contributed by atoms with Gasteiger partial charge in [-0.15, -0.1) is 0 Å². The van der Waals surface area contributed by atoms with Gasteiger partial charge in [0, 0.05) is 48.8 Å². The van der Waals surface area contributed by atoms with Crippen molar-refractivity contribution in [3.63, 3.8) is 0 Å². The van der Waals surface area contributed by atoms with Crippen molar-refractivity contribution in [1.82, 2.24) is 15.3 Å². The SMILES string of the molecule is COCCOCCOCCNC(=O)c1cccc(CNc2nccc(Oc3ccc(NC(=O)Nc4cc(C(C)(C)C)cc(NS(C)(=O)=O)c4OC)c4ccccc34)n2)c1. The Balaban J connectivity index is 1.21. The molecule has 16 nitrogen and oxygen atoms in total. The van der Waals surface area contributed by atoms with Crippen LogP contribution in [0.15, 0.2) is 85.1 Å². The molecule has 17 heteroatoms. The zero-order valence-corrected chi connectivity index (χ0v) is 34.8. The van der Waals surface area contributed by atoms with Crippen molar-refractivity contribution in [1.29, 1.82) is 0 Å². The van der Waals surface area contributed by atoms with Crippen molar-refractivity contribution in [3.05, 3.63) is 102 Å². The highest BCUT2D eigenvalue weighted by Gasteiger charge is 2.23. The molecule has 5 aromatic rings. The number of nitrogens with one attached hydrogen (secondary N) is 5. The molecule has 0 saturated carbocycles. The van der Waals surface area contributed by atoms with E-state index in [1.54, 1.807) is 55.8 Å². The van der Waals surface area contributed by atoms with Crippen LogP contribution >= 0.6 is 0 Å². The van der Waals surface area contributed by atoms with Gasteiger partial charge in [-0.3, -0.25) is 9.52 Å². The zero-order chi connectivity index (χ0) is 42.4. The van der Waals surface area contributed by atoms with E-state index in [2.05, 4.69) is 36.0 Å². The summed E-state index contributed by atoms with van der Waals surface area (Å²) in [5, 5.41) is 13.2. The summed E-state index contributed by atoms with van der Waals surface area (Å²) >= 11 is 0. The van der Waals surface area contributed by atoms with Gasteiger partial charge in [0.2, 0.25) is 21.9 Å². The van der Waals surface area contributed by atoms with E-state index in [9.17, 15) is 18.0 Å². The molecule has 0 saturated heterocycles. The van der Waals surface area contributed by atoms with E-state index in [0.717, 1.165) is 17.4 Å². The minimum atomic E-state index is -3.65. The van der Waals surface area contributed by atoms with E-state index in [1.807, 2.05) is 57.2 Å². The predicted molar refractivity (Wildman–Crippen MR) is 228 cm³/mol. The molecule has 5 rings (SSSR count). The number of anilines is 4. The van der Waals surface area contributed by atoms with Crippen LogP contribution in [0, 0.1) is 0 Å². The Morgan fingerprint density at radius 1 is 0.780 bits per heavy atom. The fraction of sp³-hybridized carbons (Fsp3) is 0.333. The molecule has 0 unspecified atom stereocenters. The minimum absolute atomic E-state index is 0.163. The van der Waals surface area contributed by atoms with Crippen molar-refractivity contribution in [2.45, 2.75) is 32.7 Å². The first-order valence-corrected chi connectivity index (χ1v) is 20.7. The Morgan fingerprint density at radius 2 is 1.49 bits per heavy atom. The van der Waals surface area contributed by atoms with Crippen LogP contribution in [0.5, 0.6) is 17.4 Å². The summed E-state index contributed by atoms with van der Waals surface area (Å²) in [7, 11) is -0.629. The number of amides is 3. The van der Waals surface area contributed by atoms with Crippen molar-refractivity contribution in [2.75, 3.05) is 80.7 Å². The Kier molecular flexibility index (Phi) is 15.4. The summed E-state index contributed by atoms with van der Waals surface area (Å²) in [6.45, 7) is 8.94. The first-order valence-electron chi connectivity index (χ1n) is 18.8. The van der Waals surface area contributed by atoms with Crippen molar-refractivity contribution in [2.24, 2.45) is 0 Å². The molecule has 0 aliphatic carbocycles. The molecular weight excluding hydrogens is 779 g/mol. The van der Waals surface area contributed by atoms with E-state index in [0.29, 0.717) is 79.8 Å². The lowest BCUT2D eigenvalue weighted by atomic mass is 9.86. The van der Waals surface area contributed by atoms with Gasteiger partial charge in [-0.05, 0) is 52.9 Å². The molecule has 0 atom stereocenters. The lowest BCUT2D eigenvalue weighted by molar-refractivity contribution is 0.0255. The molecule has 0 aliphatic rings. The van der Waals surface area contributed by atoms with E-state index in [4.69, 9.17) is 23.7 Å². The number of aromatic nitrogens is 2. The largest absolute Gasteiger partial charge is 0.492 e. The average Bonchev–Trinajstić information content (AvgIpc) is 3.19. The second-order valence-electron chi connectivity index (χ2n) is 14.3. The summed E-state index contributed by atoms with van der Waals surface area (Å²) in [5.41, 5.74) is 2.76. The lowest BCUT2D eigenvalue weighted by Gasteiger charge is -2.24. The van der Waals surface area contributed by atoms with Gasteiger partial charge in [-0.25, -0.2) is 18.2 Å². The van der Waals surface area contributed by atoms with Gasteiger partial charge in [-0.1, -0.05) is 57.2 Å². The van der Waals surface area contributed by atoms with E-state index >= 15 is 0 Å². The number of ether oxygens (including phenoxy) is 5. The Bertz CT molecular complexity index is 2340. The summed E-state index contributed by atoms with van der Waals surface area (Å²) < 4.78 is 54.4. The van der Waals surface area contributed by atoms with Gasteiger partial charge in [-0.2, -0.15) is 4.98 Å². The summed E-state index contributed by atoms with van der Waals surface area (Å²) in [5.74, 6) is 1.05. The lowest BCUT2D eigenvalue weighted by Crippen LogP contribution is -2.27. The topological polar surface area (TPSA) is 200 Å². The fourth-order valence-corrected chi connectivity index (χ4v) is 6.35. The normalized spacial score (nSPS) is 11.5. The number of carbonyl (C=O) groups excluding carboxylic acids is 2. The number of benzene rings is 4. The van der Waals surface area contributed by atoms with E-state index in [1.165, 1.54) is 7.11 Å². The molecule has 3 amide bonds. The number of hydrogen-bond acceptors (Lipinski definition) is 12. The van der Waals surface area contributed by atoms with Crippen LogP contribution in [-0.2, 0) is 36.2 Å². The number of hydrogen-bond donors (Lipinski definition) is 5. The highest BCUT2D eigenvalue weighted by molar-refractivity contribution is 7.92. The highest BCUT2D eigenvalue weighted by Crippen LogP contribution is 2.40. The number of fused-ring (bicyclic) bond motifs is 1. The zero-order valence-electron chi connectivity index (χ0n) is 34.0. The van der Waals surface area contributed by atoms with Crippen molar-refractivity contribution >= 4 is 55.7 Å². The molecule has 0 fully saturated rings. The Hall–Kier alpha value is -6.01. The number of methoxy groups -OCH3 is 2. The van der Waals surface area contributed by atoms with Crippen LogP contribution in [0.3, 0.4) is 0 Å². The summed E-state index contributed by atoms with van der Waals surface area (Å²) in [6.07, 6.45) is 2.62. The number of rotatable bonds is 20. The van der Waals surface area contributed by atoms with Gasteiger partial charge in [0.15, 0.2) is 5.75 Å². The molecule has 0 bridgehead atoms. The second-order valence-corrected chi connectivity index (χ2v) is 16.1. The molecule has 314 valence electrons. The van der Waals surface area contributed by atoms with Crippen LogP contribution in [0.25, 0.3) is 10.8 Å². The van der Waals surface area contributed by atoms with Crippen LogP contribution in [-0.4, -0.2) is 90.4 Å². The predicted octanol–water partition coefficient (Wildman–Crippen LogP) is 6.77. The van der Waals surface area contributed by atoms with Gasteiger partial charge in [0.05, 0.1) is 63.5 Å². The molecular formula is C42H51N7O9S. The van der Waals surface area contributed by atoms with Crippen LogP contribution in [0.1, 0.15) is 42.3 Å². The molecule has 5 N–H and O–H groups in total. The Morgan fingerprint density at radius 3 is 2.22 bits per heavy atom. The van der Waals surface area contributed by atoms with E-state index in [-0.39, 0.29) is 34.3 Å². The number of nitrogens with zero attached hydrogens (tertiary/aromatic N) is 2. The highest BCUT2D eigenvalue weighted by atomic mass is 32.2. The molecule has 4 aromatic carbocycles. The third-order valence-electron chi connectivity index (χ3n) is 8.66. The quantitative estimate of drug-likeness (QED) is 0.0517. The third-order valence-corrected chi connectivity index (χ3v) is 9.25. The minimum Gasteiger partial charge on any atom is -0.492 e. The average molecular weight is 830 g/mol. The van der Waals surface area contributed by atoms with Gasteiger partial charge < -0.3 is 45.0 Å². The molecule has 1 heterocycles. The van der Waals surface area contributed by atoms with Crippen molar-refractivity contribution in [3.8, 4) is 17.4 Å². The second kappa shape index (κ2) is 20.6. The van der Waals surface area contributed by atoms with Crippen LogP contribution in [0.4, 0.5) is 27.8 Å². The number of urea groups is 1. The van der Waals surface area contributed by atoms with Gasteiger partial charge in [0.1, 0.15) is 5.75 Å². The summed E-state index contributed by atoms with van der Waals surface area (Å²) in [6, 6.07) is 22.6. The molecule has 59 heavy (non-hydrogen) atoms. The van der Waals surface area contributed by atoms with Gasteiger partial charge in [0.25, 0.3) is 5.91 Å². The van der Waals surface area contributed by atoms with E-state index < -0.39 is 16.1 Å². The maximum Gasteiger partial charge on any atom is 0.323 e. The monoisotopic (exact) mass is 829 g/mol. The summed E-state index contributed by atoms with van der Waals surface area (Å²) in [4.78, 5) is 35.1. The maximum absolute atomic E-state index is 13.5. The van der Waals surface area contributed by atoms with Crippen molar-refractivity contribution < 1.29 is 41.7 Å². The molecule has 0 aliphatic heterocycles. The Labute approximate surface area is 344 Å². The molecule has 0 spiro atoms. The fourth-order valence-electron chi connectivity index (χ4n) is 5.80.